The Kier molecular flexibility index (Phi) is 4.52. The number of hydrogen-bond donors (Lipinski definition) is 1. The molecular formula is C13H21N5. The van der Waals surface area contributed by atoms with Crippen LogP contribution < -0.4 is 5.32 Å². The van der Waals surface area contributed by atoms with E-state index in [9.17, 15) is 0 Å². The van der Waals surface area contributed by atoms with Gasteiger partial charge in [0.05, 0.1) is 24.4 Å². The van der Waals surface area contributed by atoms with Crippen LogP contribution in [0.15, 0.2) is 24.9 Å². The number of imidazole rings is 1. The summed E-state index contributed by atoms with van der Waals surface area (Å²) < 4.78 is 4.17. The minimum atomic E-state index is 0.966. The Hall–Kier alpha value is -1.62. The Morgan fingerprint density at radius 2 is 2.17 bits per heavy atom. The normalized spacial score (nSPS) is 11.0. The Morgan fingerprint density at radius 3 is 2.94 bits per heavy atom. The first kappa shape index (κ1) is 12.8. The minimum Gasteiger partial charge on any atom is -0.330 e. The van der Waals surface area contributed by atoms with Gasteiger partial charge in [-0.1, -0.05) is 6.92 Å². The van der Waals surface area contributed by atoms with E-state index in [1.54, 1.807) is 0 Å². The van der Waals surface area contributed by atoms with Crippen molar-refractivity contribution in [3.05, 3.63) is 24.9 Å². The third-order valence-electron chi connectivity index (χ3n) is 2.92. The zero-order chi connectivity index (χ0) is 12.8. The van der Waals surface area contributed by atoms with Crippen LogP contribution in [0.2, 0.25) is 0 Å². The predicted molar refractivity (Wildman–Crippen MR) is 72.3 cm³/mol. The van der Waals surface area contributed by atoms with Crippen LogP contribution >= 0.6 is 0 Å². The van der Waals surface area contributed by atoms with Crippen molar-refractivity contribution >= 4 is 0 Å². The molecule has 0 saturated carbocycles. The van der Waals surface area contributed by atoms with Crippen LogP contribution in [0, 0.1) is 0 Å². The molecule has 0 unspecified atom stereocenters. The van der Waals surface area contributed by atoms with E-state index in [4.69, 9.17) is 0 Å². The Balaban J connectivity index is 2.09. The molecule has 0 aliphatic rings. The van der Waals surface area contributed by atoms with Crippen LogP contribution in [0.1, 0.15) is 19.8 Å². The van der Waals surface area contributed by atoms with Gasteiger partial charge in [0.2, 0.25) is 0 Å². The molecule has 0 spiro atoms. The lowest BCUT2D eigenvalue weighted by Gasteiger charge is -2.06. The topological polar surface area (TPSA) is 47.7 Å². The second-order valence-corrected chi connectivity index (χ2v) is 4.42. The molecule has 0 radical (unpaired) electrons. The molecule has 0 amide bonds. The summed E-state index contributed by atoms with van der Waals surface area (Å²) >= 11 is 0. The molecule has 5 heteroatoms. The highest BCUT2D eigenvalue weighted by atomic mass is 15.3. The monoisotopic (exact) mass is 247 g/mol. The van der Waals surface area contributed by atoms with Gasteiger partial charge in [-0.25, -0.2) is 4.98 Å². The Labute approximate surface area is 108 Å². The summed E-state index contributed by atoms with van der Waals surface area (Å²) in [5.74, 6) is 0. The first-order valence-corrected chi connectivity index (χ1v) is 6.52. The molecule has 0 bridgehead atoms. The van der Waals surface area contributed by atoms with Crippen molar-refractivity contribution in [3.8, 4) is 11.3 Å². The highest BCUT2D eigenvalue weighted by Gasteiger charge is 2.07. The molecule has 2 rings (SSSR count). The molecule has 0 aliphatic carbocycles. The molecule has 98 valence electrons. The molecule has 0 fully saturated rings. The summed E-state index contributed by atoms with van der Waals surface area (Å²) in [5.41, 5.74) is 2.29. The molecule has 0 saturated heterocycles. The van der Waals surface area contributed by atoms with Crippen LogP contribution in [0.25, 0.3) is 11.3 Å². The van der Waals surface area contributed by atoms with Gasteiger partial charge >= 0.3 is 0 Å². The van der Waals surface area contributed by atoms with Crippen LogP contribution in [-0.2, 0) is 13.1 Å². The fourth-order valence-electron chi connectivity index (χ4n) is 2.01. The van der Waals surface area contributed by atoms with Crippen molar-refractivity contribution in [3.63, 3.8) is 0 Å². The molecular weight excluding hydrogens is 226 g/mol. The van der Waals surface area contributed by atoms with Gasteiger partial charge in [-0.15, -0.1) is 0 Å². The summed E-state index contributed by atoms with van der Waals surface area (Å²) in [7, 11) is 1.98. The molecule has 0 aliphatic heterocycles. The highest BCUT2D eigenvalue weighted by molar-refractivity contribution is 5.56. The first-order valence-electron chi connectivity index (χ1n) is 6.52. The quantitative estimate of drug-likeness (QED) is 0.758. The lowest BCUT2D eigenvalue weighted by Crippen LogP contribution is -2.11. The van der Waals surface area contributed by atoms with E-state index in [1.807, 2.05) is 30.5 Å². The summed E-state index contributed by atoms with van der Waals surface area (Å²) in [5, 5.41) is 7.52. The summed E-state index contributed by atoms with van der Waals surface area (Å²) in [6.45, 7) is 5.12. The maximum atomic E-state index is 4.36. The number of aromatic nitrogens is 4. The molecule has 5 nitrogen and oxygen atoms in total. The average molecular weight is 247 g/mol. The van der Waals surface area contributed by atoms with Crippen LogP contribution in [-0.4, -0.2) is 32.9 Å². The molecule has 1 N–H and O–H groups in total. The van der Waals surface area contributed by atoms with Crippen molar-refractivity contribution in [2.45, 2.75) is 32.9 Å². The fourth-order valence-corrected chi connectivity index (χ4v) is 2.01. The average Bonchev–Trinajstić information content (AvgIpc) is 2.98. The molecule has 0 atom stereocenters. The Bertz CT molecular complexity index is 471. The maximum absolute atomic E-state index is 4.36. The maximum Gasteiger partial charge on any atom is 0.0950 e. The van der Waals surface area contributed by atoms with E-state index < -0.39 is 0 Å². The van der Waals surface area contributed by atoms with Gasteiger partial charge in [-0.3, -0.25) is 4.68 Å². The van der Waals surface area contributed by atoms with E-state index in [1.165, 1.54) is 0 Å². The second-order valence-electron chi connectivity index (χ2n) is 4.42. The minimum absolute atomic E-state index is 0.966. The number of aryl methyl sites for hydroxylation is 2. The van der Waals surface area contributed by atoms with Gasteiger partial charge in [0.25, 0.3) is 0 Å². The zero-order valence-corrected chi connectivity index (χ0v) is 11.1. The number of nitrogens with one attached hydrogen (secondary N) is 1. The molecule has 18 heavy (non-hydrogen) atoms. The summed E-state index contributed by atoms with van der Waals surface area (Å²) in [4.78, 5) is 4.24. The van der Waals surface area contributed by atoms with Gasteiger partial charge in [-0.2, -0.15) is 5.10 Å². The first-order chi connectivity index (χ1) is 8.85. The summed E-state index contributed by atoms with van der Waals surface area (Å²) in [6, 6.07) is 0. The predicted octanol–water partition coefficient (Wildman–Crippen LogP) is 1.77. The largest absolute Gasteiger partial charge is 0.330 e. The van der Waals surface area contributed by atoms with Crippen molar-refractivity contribution < 1.29 is 0 Å². The zero-order valence-electron chi connectivity index (χ0n) is 11.1. The lowest BCUT2D eigenvalue weighted by atomic mass is 10.2. The van der Waals surface area contributed by atoms with Crippen molar-refractivity contribution in [1.29, 1.82) is 0 Å². The Morgan fingerprint density at radius 1 is 1.28 bits per heavy atom. The van der Waals surface area contributed by atoms with Crippen LogP contribution in [0.3, 0.4) is 0 Å². The van der Waals surface area contributed by atoms with Gasteiger partial charge in [-0.05, 0) is 26.4 Å². The van der Waals surface area contributed by atoms with Crippen molar-refractivity contribution in [2.24, 2.45) is 0 Å². The van der Waals surface area contributed by atoms with Gasteiger partial charge in [0, 0.05) is 24.8 Å². The standard InChI is InChI=1S/C13H21N5/c1-3-6-18-10-12(8-16-18)13-9-15-11-17(13)7-4-5-14-2/h8-11,14H,3-7H2,1-2H3. The highest BCUT2D eigenvalue weighted by Crippen LogP contribution is 2.18. The van der Waals surface area contributed by atoms with Gasteiger partial charge in [0.1, 0.15) is 0 Å². The van der Waals surface area contributed by atoms with E-state index in [0.717, 1.165) is 43.7 Å². The van der Waals surface area contributed by atoms with E-state index >= 15 is 0 Å². The van der Waals surface area contributed by atoms with E-state index in [0.29, 0.717) is 0 Å². The summed E-state index contributed by atoms with van der Waals surface area (Å²) in [6.07, 6.45) is 10.0. The third kappa shape index (κ3) is 2.98. The number of rotatable bonds is 7. The number of hydrogen-bond acceptors (Lipinski definition) is 3. The van der Waals surface area contributed by atoms with Gasteiger partial charge in [0.15, 0.2) is 0 Å². The lowest BCUT2D eigenvalue weighted by molar-refractivity contribution is 0.602. The van der Waals surface area contributed by atoms with Crippen molar-refractivity contribution in [2.75, 3.05) is 13.6 Å². The van der Waals surface area contributed by atoms with E-state index in [2.05, 4.69) is 33.1 Å². The third-order valence-corrected chi connectivity index (χ3v) is 2.92. The SMILES string of the molecule is CCCn1cc(-c2cncn2CCCNC)cn1. The second kappa shape index (κ2) is 6.35. The number of nitrogens with zero attached hydrogens (tertiary/aromatic N) is 4. The van der Waals surface area contributed by atoms with Crippen LogP contribution in [0.4, 0.5) is 0 Å². The van der Waals surface area contributed by atoms with E-state index in [-0.39, 0.29) is 0 Å². The molecule has 0 aromatic carbocycles. The molecule has 2 aromatic heterocycles. The smallest absolute Gasteiger partial charge is 0.0950 e. The fraction of sp³-hybridized carbons (Fsp3) is 0.538. The molecule has 2 aromatic rings. The molecule has 2 heterocycles. The van der Waals surface area contributed by atoms with Gasteiger partial charge < -0.3 is 9.88 Å². The van der Waals surface area contributed by atoms with Crippen LogP contribution in [0.5, 0.6) is 0 Å². The van der Waals surface area contributed by atoms with Crippen molar-refractivity contribution in [1.82, 2.24) is 24.6 Å².